The topological polar surface area (TPSA) is 92.1 Å². The van der Waals surface area contributed by atoms with E-state index in [0.717, 1.165) is 0 Å². The first-order valence-electron chi connectivity index (χ1n) is 4.73. The van der Waals surface area contributed by atoms with Crippen molar-refractivity contribution in [2.24, 2.45) is 0 Å². The maximum atomic E-state index is 11.1. The predicted octanol–water partition coefficient (Wildman–Crippen LogP) is -0.663. The molecule has 3 N–H and O–H groups in total. The van der Waals surface area contributed by atoms with Gasteiger partial charge in [0.25, 0.3) is 0 Å². The first-order chi connectivity index (χ1) is 7.26. The van der Waals surface area contributed by atoms with Gasteiger partial charge in [-0.3, -0.25) is 4.79 Å². The summed E-state index contributed by atoms with van der Waals surface area (Å²) in [7, 11) is 1.78. The van der Waals surface area contributed by atoms with Crippen molar-refractivity contribution in [3.8, 4) is 0 Å². The average molecular weight is 213 g/mol. The molecule has 0 aliphatic carbocycles. The molecule has 1 heterocycles. The van der Waals surface area contributed by atoms with Gasteiger partial charge in [-0.1, -0.05) is 5.10 Å². The van der Waals surface area contributed by atoms with Gasteiger partial charge in [-0.2, -0.15) is 0 Å². The van der Waals surface area contributed by atoms with Crippen LogP contribution in [0.4, 0.5) is 6.01 Å². The third kappa shape index (κ3) is 3.94. The first-order valence-corrected chi connectivity index (χ1v) is 4.73. The van der Waals surface area contributed by atoms with Crippen LogP contribution >= 0.6 is 0 Å². The van der Waals surface area contributed by atoms with Crippen molar-refractivity contribution in [2.45, 2.75) is 13.5 Å². The van der Waals surface area contributed by atoms with Gasteiger partial charge in [0, 0.05) is 6.54 Å². The van der Waals surface area contributed by atoms with Crippen LogP contribution in [0.5, 0.6) is 0 Å². The molecule has 7 heteroatoms. The van der Waals surface area contributed by atoms with Gasteiger partial charge in [0.05, 0.1) is 13.1 Å². The fourth-order valence-electron chi connectivity index (χ4n) is 0.963. The van der Waals surface area contributed by atoms with E-state index in [-0.39, 0.29) is 18.5 Å². The molecule has 1 amide bonds. The standard InChI is InChI=1S/C8H15N5O2/c1-3-10-6(14)4-11-8-13-12-7(15-8)5-9-2/h9H,3-5H2,1-2H3,(H,10,14)(H,11,13). The molecule has 0 aromatic carbocycles. The second-order valence-corrected chi connectivity index (χ2v) is 2.84. The Morgan fingerprint density at radius 3 is 2.93 bits per heavy atom. The molecule has 1 aromatic heterocycles. The van der Waals surface area contributed by atoms with E-state index < -0.39 is 0 Å². The van der Waals surface area contributed by atoms with Crippen LogP contribution < -0.4 is 16.0 Å². The van der Waals surface area contributed by atoms with Crippen LogP contribution in [0.15, 0.2) is 4.42 Å². The van der Waals surface area contributed by atoms with Crippen molar-refractivity contribution in [1.82, 2.24) is 20.8 Å². The summed E-state index contributed by atoms with van der Waals surface area (Å²) in [5, 5.41) is 15.7. The molecule has 0 aliphatic rings. The normalized spacial score (nSPS) is 10.0. The minimum atomic E-state index is -0.106. The molecule has 0 fully saturated rings. The Morgan fingerprint density at radius 2 is 2.27 bits per heavy atom. The van der Waals surface area contributed by atoms with E-state index in [1.807, 2.05) is 6.92 Å². The summed E-state index contributed by atoms with van der Waals surface area (Å²) in [5.41, 5.74) is 0. The number of anilines is 1. The Morgan fingerprint density at radius 1 is 1.47 bits per heavy atom. The number of amides is 1. The molecule has 0 bridgehead atoms. The number of hydrogen-bond donors (Lipinski definition) is 3. The van der Waals surface area contributed by atoms with Crippen molar-refractivity contribution in [3.63, 3.8) is 0 Å². The monoisotopic (exact) mass is 213 g/mol. The van der Waals surface area contributed by atoms with Gasteiger partial charge in [-0.25, -0.2) is 0 Å². The van der Waals surface area contributed by atoms with Gasteiger partial charge < -0.3 is 20.4 Å². The van der Waals surface area contributed by atoms with Crippen LogP contribution in [0.25, 0.3) is 0 Å². The van der Waals surface area contributed by atoms with Crippen LogP contribution in [-0.4, -0.2) is 36.2 Å². The number of carbonyl (C=O) groups is 1. The lowest BCUT2D eigenvalue weighted by molar-refractivity contribution is -0.119. The zero-order chi connectivity index (χ0) is 11.1. The molecule has 0 saturated carbocycles. The maximum absolute atomic E-state index is 11.1. The van der Waals surface area contributed by atoms with Crippen LogP contribution in [0.2, 0.25) is 0 Å². The van der Waals surface area contributed by atoms with Crippen molar-refractivity contribution in [1.29, 1.82) is 0 Å². The molecule has 0 spiro atoms. The van der Waals surface area contributed by atoms with Crippen LogP contribution in [0.3, 0.4) is 0 Å². The molecule has 0 saturated heterocycles. The van der Waals surface area contributed by atoms with Gasteiger partial charge in [-0.15, -0.1) is 5.10 Å². The van der Waals surface area contributed by atoms with E-state index in [1.54, 1.807) is 7.05 Å². The SMILES string of the molecule is CCNC(=O)CNc1nnc(CNC)o1. The summed E-state index contributed by atoms with van der Waals surface area (Å²) in [6.07, 6.45) is 0. The third-order valence-corrected chi connectivity index (χ3v) is 1.57. The van der Waals surface area contributed by atoms with Gasteiger partial charge in [0.15, 0.2) is 0 Å². The third-order valence-electron chi connectivity index (χ3n) is 1.57. The summed E-state index contributed by atoms with van der Waals surface area (Å²) < 4.78 is 5.18. The Balaban J connectivity index is 2.34. The second-order valence-electron chi connectivity index (χ2n) is 2.84. The van der Waals surface area contributed by atoms with E-state index >= 15 is 0 Å². The predicted molar refractivity (Wildman–Crippen MR) is 54.2 cm³/mol. The summed E-state index contributed by atoms with van der Waals surface area (Å²) >= 11 is 0. The lowest BCUT2D eigenvalue weighted by Crippen LogP contribution is -2.29. The zero-order valence-electron chi connectivity index (χ0n) is 8.83. The van der Waals surface area contributed by atoms with Crippen molar-refractivity contribution < 1.29 is 9.21 Å². The van der Waals surface area contributed by atoms with E-state index in [1.165, 1.54) is 0 Å². The Labute approximate surface area is 87.6 Å². The number of nitrogens with zero attached hydrogens (tertiary/aromatic N) is 2. The van der Waals surface area contributed by atoms with Crippen LogP contribution in [0.1, 0.15) is 12.8 Å². The summed E-state index contributed by atoms with van der Waals surface area (Å²) in [6.45, 7) is 3.11. The van der Waals surface area contributed by atoms with E-state index in [2.05, 4.69) is 26.1 Å². The minimum Gasteiger partial charge on any atom is -0.407 e. The number of rotatable bonds is 6. The summed E-state index contributed by atoms with van der Waals surface area (Å²) in [5.74, 6) is 0.377. The molecule has 0 aliphatic heterocycles. The number of likely N-dealkylation sites (N-methyl/N-ethyl adjacent to an activating group) is 1. The highest BCUT2D eigenvalue weighted by Gasteiger charge is 2.05. The molecule has 84 valence electrons. The van der Waals surface area contributed by atoms with E-state index in [9.17, 15) is 4.79 Å². The summed E-state index contributed by atoms with van der Waals surface area (Å²) in [6, 6.07) is 0.256. The van der Waals surface area contributed by atoms with E-state index in [0.29, 0.717) is 19.0 Å². The Hall–Kier alpha value is -1.63. The Bertz CT molecular complexity index is 312. The fraction of sp³-hybridized carbons (Fsp3) is 0.625. The average Bonchev–Trinajstić information content (AvgIpc) is 2.64. The maximum Gasteiger partial charge on any atom is 0.315 e. The molecule has 1 aromatic rings. The first kappa shape index (κ1) is 11.4. The van der Waals surface area contributed by atoms with E-state index in [4.69, 9.17) is 4.42 Å². The molecule has 0 radical (unpaired) electrons. The van der Waals surface area contributed by atoms with Gasteiger partial charge >= 0.3 is 6.01 Å². The lowest BCUT2D eigenvalue weighted by Gasteiger charge is -2.01. The molecule has 0 atom stereocenters. The Kier molecular flexibility index (Phi) is 4.55. The van der Waals surface area contributed by atoms with Gasteiger partial charge in [0.2, 0.25) is 11.8 Å². The lowest BCUT2D eigenvalue weighted by atomic mass is 10.5. The molecule has 15 heavy (non-hydrogen) atoms. The molecular formula is C8H15N5O2. The van der Waals surface area contributed by atoms with Crippen molar-refractivity contribution >= 4 is 11.9 Å². The van der Waals surface area contributed by atoms with Crippen LogP contribution in [-0.2, 0) is 11.3 Å². The fourth-order valence-corrected chi connectivity index (χ4v) is 0.963. The number of carbonyl (C=O) groups excluding carboxylic acids is 1. The minimum absolute atomic E-state index is 0.106. The molecule has 7 nitrogen and oxygen atoms in total. The summed E-state index contributed by atoms with van der Waals surface area (Å²) in [4.78, 5) is 11.1. The quantitative estimate of drug-likeness (QED) is 0.581. The molecule has 1 rings (SSSR count). The van der Waals surface area contributed by atoms with Crippen LogP contribution in [0, 0.1) is 0 Å². The molecular weight excluding hydrogens is 198 g/mol. The number of hydrogen-bond acceptors (Lipinski definition) is 6. The highest BCUT2D eigenvalue weighted by atomic mass is 16.4. The van der Waals surface area contributed by atoms with Crippen molar-refractivity contribution in [3.05, 3.63) is 5.89 Å². The number of nitrogens with one attached hydrogen (secondary N) is 3. The molecule has 0 unspecified atom stereocenters. The second kappa shape index (κ2) is 5.97. The highest BCUT2D eigenvalue weighted by Crippen LogP contribution is 2.03. The van der Waals surface area contributed by atoms with Gasteiger partial charge in [0.1, 0.15) is 0 Å². The van der Waals surface area contributed by atoms with Gasteiger partial charge in [-0.05, 0) is 14.0 Å². The smallest absolute Gasteiger partial charge is 0.315 e. The van der Waals surface area contributed by atoms with Crippen molar-refractivity contribution in [2.75, 3.05) is 25.5 Å². The largest absolute Gasteiger partial charge is 0.407 e. The highest BCUT2D eigenvalue weighted by molar-refractivity contribution is 5.79. The number of aromatic nitrogens is 2. The zero-order valence-corrected chi connectivity index (χ0v) is 8.83.